The maximum absolute atomic E-state index is 12.9. The second-order valence-corrected chi connectivity index (χ2v) is 9.93. The Morgan fingerprint density at radius 3 is 2.31 bits per heavy atom. The van der Waals surface area contributed by atoms with Crippen LogP contribution in [0.2, 0.25) is 0 Å². The number of halogens is 3. The summed E-state index contributed by atoms with van der Waals surface area (Å²) >= 11 is 0. The maximum atomic E-state index is 12.9. The minimum atomic E-state index is -4.38. The first-order valence-electron chi connectivity index (χ1n) is 11.9. The number of likely N-dealkylation sites (tertiary alicyclic amines) is 2. The average Bonchev–Trinajstić information content (AvgIpc) is 2.77. The molecule has 0 unspecified atom stereocenters. The fourth-order valence-corrected chi connectivity index (χ4v) is 4.03. The molecule has 0 aromatic heterocycles. The van der Waals surface area contributed by atoms with Crippen LogP contribution in [-0.2, 0) is 17.5 Å². The molecule has 1 aromatic rings. The Morgan fingerprint density at radius 1 is 1.09 bits per heavy atom. The van der Waals surface area contributed by atoms with Crippen LogP contribution in [0.5, 0.6) is 0 Å². The van der Waals surface area contributed by atoms with Crippen LogP contribution in [0.4, 0.5) is 22.8 Å². The van der Waals surface area contributed by atoms with E-state index in [9.17, 15) is 22.8 Å². The Balaban J connectivity index is 0.000000269. The largest absolute Gasteiger partial charge is 0.465 e. The molecule has 198 valence electrons. The van der Waals surface area contributed by atoms with Gasteiger partial charge in [-0.1, -0.05) is 18.2 Å². The summed E-state index contributed by atoms with van der Waals surface area (Å²) in [7, 11) is 0. The lowest BCUT2D eigenvalue weighted by molar-refractivity contribution is -0.138. The second-order valence-electron chi connectivity index (χ2n) is 9.93. The molecule has 2 saturated heterocycles. The van der Waals surface area contributed by atoms with Crippen molar-refractivity contribution in [3.63, 3.8) is 0 Å². The van der Waals surface area contributed by atoms with Crippen molar-refractivity contribution in [1.29, 1.82) is 0 Å². The van der Waals surface area contributed by atoms with Crippen molar-refractivity contribution in [2.24, 2.45) is 5.73 Å². The molecule has 0 spiro atoms. The van der Waals surface area contributed by atoms with E-state index in [2.05, 4.69) is 5.32 Å². The van der Waals surface area contributed by atoms with E-state index in [4.69, 9.17) is 15.6 Å². The van der Waals surface area contributed by atoms with Crippen LogP contribution in [0.1, 0.15) is 57.6 Å². The van der Waals surface area contributed by atoms with Crippen molar-refractivity contribution in [3.05, 3.63) is 35.4 Å². The first-order valence-corrected chi connectivity index (χ1v) is 11.9. The zero-order chi connectivity index (χ0) is 26.2. The third-order valence-corrected chi connectivity index (χ3v) is 5.71. The number of alkyl halides is 3. The van der Waals surface area contributed by atoms with E-state index in [0.717, 1.165) is 31.9 Å². The van der Waals surface area contributed by atoms with Crippen LogP contribution < -0.4 is 11.1 Å². The number of nitrogens with one attached hydrogen (secondary N) is 1. The van der Waals surface area contributed by atoms with Gasteiger partial charge in [-0.3, -0.25) is 0 Å². The van der Waals surface area contributed by atoms with Gasteiger partial charge < -0.3 is 30.7 Å². The summed E-state index contributed by atoms with van der Waals surface area (Å²) in [6, 6.07) is 5.41. The molecule has 2 amide bonds. The lowest BCUT2D eigenvalue weighted by atomic mass is 10.0. The Kier molecular flexibility index (Phi) is 10.2. The Hall–Kier alpha value is -2.53. The van der Waals surface area contributed by atoms with Gasteiger partial charge in [0, 0.05) is 44.8 Å². The molecule has 0 radical (unpaired) electrons. The topological polar surface area (TPSA) is 108 Å². The summed E-state index contributed by atoms with van der Waals surface area (Å²) in [6.45, 7) is 7.86. The van der Waals surface area contributed by atoms with Gasteiger partial charge in [0.15, 0.2) is 0 Å². The highest BCUT2D eigenvalue weighted by molar-refractivity contribution is 5.68. The molecule has 3 rings (SSSR count). The number of carbonyl (C=O) groups excluding carboxylic acids is 1. The number of hydrogen-bond donors (Lipinski definition) is 3. The zero-order valence-corrected chi connectivity index (χ0v) is 20.6. The van der Waals surface area contributed by atoms with Crippen LogP contribution >= 0.6 is 0 Å². The Labute approximate surface area is 204 Å². The first kappa shape index (κ1) is 28.7. The summed E-state index contributed by atoms with van der Waals surface area (Å²) in [5, 5.41) is 12.0. The predicted octanol–water partition coefficient (Wildman–Crippen LogP) is 4.28. The standard InChI is InChI=1S/C14H17F3N2O2.C10H20N2O2/c15-14(16,17)12-6-2-1-4-10(12)8-18-11-5-3-7-19(9-11)13(20)21;1-10(2,3)14-9(13)12-6-4-5-8(11)7-12/h1-2,4,6,11,18H,3,5,7-9H2,(H,20,21);8H,4-7,11H2,1-3H3/t11-;8-/m00/s1. The lowest BCUT2D eigenvalue weighted by Gasteiger charge is -2.32. The summed E-state index contributed by atoms with van der Waals surface area (Å²) in [6.07, 6.45) is -2.16. The summed E-state index contributed by atoms with van der Waals surface area (Å²) in [5.41, 5.74) is 4.89. The lowest BCUT2D eigenvalue weighted by Crippen LogP contribution is -2.47. The summed E-state index contributed by atoms with van der Waals surface area (Å²) < 4.78 is 43.9. The highest BCUT2D eigenvalue weighted by atomic mass is 19.4. The number of amides is 2. The Bertz CT molecular complexity index is 845. The molecule has 1 aromatic carbocycles. The van der Waals surface area contributed by atoms with Crippen molar-refractivity contribution in [3.8, 4) is 0 Å². The van der Waals surface area contributed by atoms with Crippen molar-refractivity contribution in [1.82, 2.24) is 15.1 Å². The fourth-order valence-electron chi connectivity index (χ4n) is 4.03. The second kappa shape index (κ2) is 12.4. The van der Waals surface area contributed by atoms with Crippen LogP contribution in [-0.4, -0.2) is 71.0 Å². The molecule has 11 heteroatoms. The van der Waals surface area contributed by atoms with Crippen molar-refractivity contribution in [2.45, 2.75) is 76.9 Å². The van der Waals surface area contributed by atoms with E-state index in [1.807, 2.05) is 20.8 Å². The highest BCUT2D eigenvalue weighted by Gasteiger charge is 2.33. The maximum Gasteiger partial charge on any atom is 0.416 e. The number of hydrogen-bond acceptors (Lipinski definition) is 5. The van der Waals surface area contributed by atoms with Gasteiger partial charge in [0.25, 0.3) is 0 Å². The minimum Gasteiger partial charge on any atom is -0.465 e. The van der Waals surface area contributed by atoms with Crippen molar-refractivity contribution < 1.29 is 32.6 Å². The van der Waals surface area contributed by atoms with Gasteiger partial charge in [-0.2, -0.15) is 13.2 Å². The van der Waals surface area contributed by atoms with E-state index in [1.165, 1.54) is 17.0 Å². The van der Waals surface area contributed by atoms with Gasteiger partial charge in [-0.05, 0) is 58.1 Å². The summed E-state index contributed by atoms with van der Waals surface area (Å²) in [5.74, 6) is 0. The number of carboxylic acid groups (broad SMARTS) is 1. The quantitative estimate of drug-likeness (QED) is 0.569. The third-order valence-electron chi connectivity index (χ3n) is 5.71. The van der Waals surface area contributed by atoms with Gasteiger partial charge in [0.1, 0.15) is 5.60 Å². The van der Waals surface area contributed by atoms with Crippen LogP contribution in [0.25, 0.3) is 0 Å². The number of rotatable bonds is 3. The molecule has 2 aliphatic rings. The molecule has 2 atom stereocenters. The van der Waals surface area contributed by atoms with E-state index < -0.39 is 23.4 Å². The number of carbonyl (C=O) groups is 2. The van der Waals surface area contributed by atoms with Gasteiger partial charge in [0.2, 0.25) is 0 Å². The normalized spacial score (nSPS) is 21.1. The van der Waals surface area contributed by atoms with Crippen molar-refractivity contribution in [2.75, 3.05) is 26.2 Å². The fraction of sp³-hybridized carbons (Fsp3) is 0.667. The molecule has 4 N–H and O–H groups in total. The highest BCUT2D eigenvalue weighted by Crippen LogP contribution is 2.31. The number of nitrogens with two attached hydrogens (primary N) is 1. The summed E-state index contributed by atoms with van der Waals surface area (Å²) in [4.78, 5) is 25.5. The van der Waals surface area contributed by atoms with Crippen LogP contribution in [0, 0.1) is 0 Å². The molecule has 2 aliphatic heterocycles. The molecule has 0 bridgehead atoms. The van der Waals surface area contributed by atoms with Crippen molar-refractivity contribution >= 4 is 12.2 Å². The molecule has 2 fully saturated rings. The predicted molar refractivity (Wildman–Crippen MR) is 126 cm³/mol. The molecule has 8 nitrogen and oxygen atoms in total. The first-order chi connectivity index (χ1) is 16.3. The van der Waals surface area contributed by atoms with Gasteiger partial charge in [0.05, 0.1) is 5.56 Å². The zero-order valence-electron chi connectivity index (χ0n) is 20.6. The number of ether oxygens (including phenoxy) is 1. The number of benzene rings is 1. The Morgan fingerprint density at radius 2 is 1.71 bits per heavy atom. The third kappa shape index (κ3) is 9.93. The molecule has 35 heavy (non-hydrogen) atoms. The van der Waals surface area contributed by atoms with E-state index in [0.29, 0.717) is 26.1 Å². The molecule has 0 aliphatic carbocycles. The monoisotopic (exact) mass is 502 g/mol. The number of nitrogens with zero attached hydrogens (tertiary/aromatic N) is 2. The van der Waals surface area contributed by atoms with E-state index >= 15 is 0 Å². The van der Waals surface area contributed by atoms with Crippen LogP contribution in [0.3, 0.4) is 0 Å². The SMILES string of the molecule is CC(C)(C)OC(=O)N1CCC[C@H](N)C1.O=C(O)N1CCC[C@H](NCc2ccccc2C(F)(F)F)C1. The average molecular weight is 503 g/mol. The smallest absolute Gasteiger partial charge is 0.416 e. The molecule has 2 heterocycles. The molecular formula is C24H37F3N4O4. The molecule has 0 saturated carbocycles. The van der Waals surface area contributed by atoms with E-state index in [-0.39, 0.29) is 30.3 Å². The minimum absolute atomic E-state index is 0.0772. The van der Waals surface area contributed by atoms with Crippen LogP contribution in [0.15, 0.2) is 24.3 Å². The van der Waals surface area contributed by atoms with Gasteiger partial charge in [-0.25, -0.2) is 9.59 Å². The van der Waals surface area contributed by atoms with Gasteiger partial charge >= 0.3 is 18.4 Å². The van der Waals surface area contributed by atoms with Gasteiger partial charge in [-0.15, -0.1) is 0 Å². The number of piperidine rings is 2. The molecular weight excluding hydrogens is 465 g/mol. The van der Waals surface area contributed by atoms with E-state index in [1.54, 1.807) is 11.0 Å².